The average Bonchev–Trinajstić information content (AvgIpc) is 3.21. The number of fused-ring (bicyclic) bond motifs is 1. The van der Waals surface area contributed by atoms with Crippen molar-refractivity contribution >= 4 is 49.1 Å². The predicted octanol–water partition coefficient (Wildman–Crippen LogP) is 0.350. The Morgan fingerprint density at radius 3 is 2.32 bits per heavy atom. The summed E-state index contributed by atoms with van der Waals surface area (Å²) in [6, 6.07) is 10.1. The Labute approximate surface area is 191 Å². The number of carbonyl (C=O) groups excluding carboxylic acids is 2. The third-order valence-electron chi connectivity index (χ3n) is 4.64. The number of aromatic amines is 2. The van der Waals surface area contributed by atoms with E-state index in [2.05, 4.69) is 20.4 Å². The Bertz CT molecular complexity index is 1600. The number of anilines is 1. The number of hydrogen-bond acceptors (Lipinski definition) is 10. The zero-order valence-corrected chi connectivity index (χ0v) is 18.6. The summed E-state index contributed by atoms with van der Waals surface area (Å²) in [7, 11) is -8.67. The smallest absolute Gasteiger partial charge is 0.293 e. The Balaban J connectivity index is 1.46. The van der Waals surface area contributed by atoms with Gasteiger partial charge in [0.25, 0.3) is 37.4 Å². The molecule has 2 heterocycles. The summed E-state index contributed by atoms with van der Waals surface area (Å²) in [5.74, 6) is -2.19. The van der Waals surface area contributed by atoms with Crippen LogP contribution in [-0.4, -0.2) is 49.7 Å². The summed E-state index contributed by atoms with van der Waals surface area (Å²) in [6.07, 6.45) is 0. The molecule has 5 N–H and O–H groups in total. The van der Waals surface area contributed by atoms with Crippen LogP contribution < -0.4 is 16.0 Å². The number of azo groups is 1. The number of hydrogen-bond donors (Lipinski definition) is 4. The van der Waals surface area contributed by atoms with Gasteiger partial charge in [0.2, 0.25) is 0 Å². The molecule has 0 saturated heterocycles. The average molecular weight is 505 g/mol. The van der Waals surface area contributed by atoms with Crippen LogP contribution in [0.25, 0.3) is 0 Å². The summed E-state index contributed by atoms with van der Waals surface area (Å²) in [5, 5.41) is 12.0. The molecule has 0 fully saturated rings. The first kappa shape index (κ1) is 22.9. The van der Waals surface area contributed by atoms with Crippen molar-refractivity contribution in [3.05, 3.63) is 64.4 Å². The van der Waals surface area contributed by atoms with Gasteiger partial charge in [-0.05, 0) is 36.4 Å². The molecular formula is C18H15N7O7S2. The van der Waals surface area contributed by atoms with Crippen LogP contribution in [0.15, 0.2) is 73.3 Å². The van der Waals surface area contributed by atoms with Gasteiger partial charge in [-0.3, -0.25) is 24.6 Å². The zero-order valence-electron chi connectivity index (χ0n) is 16.9. The Hall–Kier alpha value is -4.31. The minimum absolute atomic E-state index is 0.0303. The quantitative estimate of drug-likeness (QED) is 0.342. The number of rotatable bonds is 6. The number of nitrogens with two attached hydrogens (primary N) is 1. The van der Waals surface area contributed by atoms with E-state index in [9.17, 15) is 31.2 Å². The van der Waals surface area contributed by atoms with E-state index in [-0.39, 0.29) is 32.5 Å². The van der Waals surface area contributed by atoms with Crippen molar-refractivity contribution in [3.8, 4) is 0 Å². The van der Waals surface area contributed by atoms with Crippen LogP contribution in [0.3, 0.4) is 0 Å². The number of amides is 2. The number of nitrogen functional groups attached to an aromatic ring is 1. The van der Waals surface area contributed by atoms with E-state index in [4.69, 9.17) is 5.73 Å². The molecule has 3 aromatic rings. The summed E-state index contributed by atoms with van der Waals surface area (Å²) in [4.78, 5) is 35.6. The van der Waals surface area contributed by atoms with Crippen LogP contribution in [0.2, 0.25) is 0 Å². The van der Waals surface area contributed by atoms with Crippen molar-refractivity contribution in [2.75, 3.05) is 12.3 Å². The van der Waals surface area contributed by atoms with Crippen LogP contribution in [-0.2, 0) is 24.8 Å². The van der Waals surface area contributed by atoms with Crippen molar-refractivity contribution in [1.29, 1.82) is 0 Å². The first-order valence-corrected chi connectivity index (χ1v) is 12.2. The number of aromatic nitrogens is 2. The molecule has 16 heteroatoms. The van der Waals surface area contributed by atoms with E-state index in [1.807, 2.05) is 0 Å². The maximum Gasteiger partial charge on any atom is 0.293 e. The summed E-state index contributed by atoms with van der Waals surface area (Å²) in [5.41, 5.74) is 4.84. The molecule has 2 amide bonds. The molecule has 0 aliphatic carbocycles. The van der Waals surface area contributed by atoms with E-state index in [0.29, 0.717) is 4.31 Å². The second kappa shape index (κ2) is 8.23. The molecular weight excluding hydrogens is 490 g/mol. The highest BCUT2D eigenvalue weighted by molar-refractivity contribution is 7.90. The normalized spacial score (nSPS) is 14.9. The molecule has 2 aromatic carbocycles. The molecule has 0 bridgehead atoms. The van der Waals surface area contributed by atoms with Crippen molar-refractivity contribution < 1.29 is 26.4 Å². The lowest BCUT2D eigenvalue weighted by Gasteiger charge is -2.15. The Morgan fingerprint density at radius 2 is 1.71 bits per heavy atom. The topological polar surface area (TPSA) is 217 Å². The number of benzene rings is 2. The fourth-order valence-corrected chi connectivity index (χ4v) is 5.52. The van der Waals surface area contributed by atoms with E-state index >= 15 is 0 Å². The Kier molecular flexibility index (Phi) is 5.54. The highest BCUT2D eigenvalue weighted by atomic mass is 32.2. The van der Waals surface area contributed by atoms with Crippen LogP contribution >= 0.6 is 0 Å². The molecule has 0 atom stereocenters. The van der Waals surface area contributed by atoms with Gasteiger partial charge >= 0.3 is 0 Å². The fourth-order valence-electron chi connectivity index (χ4n) is 3.02. The summed E-state index contributed by atoms with van der Waals surface area (Å²) < 4.78 is 52.1. The molecule has 0 unspecified atom stereocenters. The molecule has 1 aliphatic rings. The standard InChI is InChI=1S/C18H15N7O7S2/c19-16-15(17(27)23-22-16)21-20-10-5-7-11(8-6-10)33(29,30)24-14(26)9-25-18(28)12-3-1-2-4-13(12)34(25,31)32/h1-8H,9H2,(H,24,26)(H4,19,22,23,27). The van der Waals surface area contributed by atoms with Crippen molar-refractivity contribution in [2.45, 2.75) is 9.79 Å². The van der Waals surface area contributed by atoms with Gasteiger partial charge < -0.3 is 5.73 Å². The Morgan fingerprint density at radius 1 is 1.03 bits per heavy atom. The maximum atomic E-state index is 12.5. The van der Waals surface area contributed by atoms with Gasteiger partial charge in [0.15, 0.2) is 5.69 Å². The lowest BCUT2D eigenvalue weighted by Crippen LogP contribution is -2.42. The van der Waals surface area contributed by atoms with Crippen LogP contribution in [0.4, 0.5) is 17.2 Å². The second-order valence-corrected chi connectivity index (χ2v) is 10.4. The van der Waals surface area contributed by atoms with Gasteiger partial charge in [-0.2, -0.15) is 5.11 Å². The van der Waals surface area contributed by atoms with Gasteiger partial charge in [0, 0.05) is 0 Å². The summed E-state index contributed by atoms with van der Waals surface area (Å²) >= 11 is 0. The van der Waals surface area contributed by atoms with Crippen LogP contribution in [0.5, 0.6) is 0 Å². The molecule has 1 aliphatic heterocycles. The maximum absolute atomic E-state index is 12.5. The van der Waals surface area contributed by atoms with E-state index in [1.165, 1.54) is 36.4 Å². The third-order valence-corrected chi connectivity index (χ3v) is 7.82. The molecule has 1 aromatic heterocycles. The zero-order chi connectivity index (χ0) is 24.7. The molecule has 0 radical (unpaired) electrons. The van der Waals surface area contributed by atoms with Gasteiger partial charge in [0.1, 0.15) is 17.3 Å². The first-order valence-electron chi connectivity index (χ1n) is 9.30. The SMILES string of the molecule is Nc1[nH][nH]c(=O)c1N=Nc1ccc(S(=O)(=O)NC(=O)CN2C(=O)c3ccccc3S2(=O)=O)cc1. The molecule has 0 saturated carbocycles. The molecule has 0 spiro atoms. The van der Waals surface area contributed by atoms with Crippen LogP contribution in [0.1, 0.15) is 10.4 Å². The van der Waals surface area contributed by atoms with E-state index in [1.54, 1.807) is 4.72 Å². The highest BCUT2D eigenvalue weighted by Gasteiger charge is 2.42. The second-order valence-electron chi connectivity index (χ2n) is 6.88. The van der Waals surface area contributed by atoms with Crippen LogP contribution in [0, 0.1) is 0 Å². The molecule has 14 nitrogen and oxygen atoms in total. The minimum Gasteiger partial charge on any atom is -0.382 e. The van der Waals surface area contributed by atoms with E-state index < -0.39 is 44.0 Å². The molecule has 34 heavy (non-hydrogen) atoms. The number of sulfonamides is 2. The number of H-pyrrole nitrogens is 2. The fraction of sp³-hybridized carbons (Fsp3) is 0.0556. The number of nitrogens with one attached hydrogen (secondary N) is 3. The predicted molar refractivity (Wildman–Crippen MR) is 116 cm³/mol. The number of carbonyl (C=O) groups is 2. The summed E-state index contributed by atoms with van der Waals surface area (Å²) in [6.45, 7) is -1.02. The third kappa shape index (κ3) is 4.06. The van der Waals surface area contributed by atoms with Gasteiger partial charge in [0.05, 0.1) is 16.1 Å². The van der Waals surface area contributed by atoms with Gasteiger partial charge in [-0.1, -0.05) is 12.1 Å². The largest absolute Gasteiger partial charge is 0.382 e. The lowest BCUT2D eigenvalue weighted by molar-refractivity contribution is -0.119. The monoisotopic (exact) mass is 505 g/mol. The lowest BCUT2D eigenvalue weighted by atomic mass is 10.2. The van der Waals surface area contributed by atoms with Gasteiger partial charge in [-0.25, -0.2) is 25.9 Å². The van der Waals surface area contributed by atoms with Crippen molar-refractivity contribution in [1.82, 2.24) is 19.2 Å². The van der Waals surface area contributed by atoms with Crippen molar-refractivity contribution in [2.24, 2.45) is 10.2 Å². The first-order chi connectivity index (χ1) is 16.0. The van der Waals surface area contributed by atoms with Crippen molar-refractivity contribution in [3.63, 3.8) is 0 Å². The highest BCUT2D eigenvalue weighted by Crippen LogP contribution is 2.29. The number of nitrogens with zero attached hydrogens (tertiary/aromatic N) is 3. The van der Waals surface area contributed by atoms with E-state index in [0.717, 1.165) is 12.1 Å². The molecule has 4 rings (SSSR count). The van der Waals surface area contributed by atoms with Gasteiger partial charge in [-0.15, -0.1) is 5.11 Å². The minimum atomic E-state index is -4.40. The molecule has 176 valence electrons.